The van der Waals surface area contributed by atoms with Gasteiger partial charge in [-0.15, -0.1) is 0 Å². The number of rotatable bonds is 3. The van der Waals surface area contributed by atoms with Gasteiger partial charge in [-0.25, -0.2) is 0 Å². The molecule has 0 saturated heterocycles. The molecular formula is C16H24N2O2. The molecule has 110 valence electrons. The molecule has 4 nitrogen and oxygen atoms in total. The zero-order valence-electron chi connectivity index (χ0n) is 12.6. The molecule has 1 aromatic rings. The second-order valence-corrected chi connectivity index (χ2v) is 6.61. The van der Waals surface area contributed by atoms with E-state index in [4.69, 9.17) is 0 Å². The van der Waals surface area contributed by atoms with E-state index >= 15 is 0 Å². The lowest BCUT2D eigenvalue weighted by Crippen LogP contribution is -2.39. The molecule has 3 rings (SSSR count). The summed E-state index contributed by atoms with van der Waals surface area (Å²) in [6.45, 7) is 8.51. The molecule has 0 radical (unpaired) electrons. The van der Waals surface area contributed by atoms with Crippen molar-refractivity contribution in [2.24, 2.45) is 0 Å². The molecule has 2 heterocycles. The predicted octanol–water partition coefficient (Wildman–Crippen LogP) is 1.79. The van der Waals surface area contributed by atoms with Crippen LogP contribution in [-0.2, 0) is 18.6 Å². The summed E-state index contributed by atoms with van der Waals surface area (Å²) in [7, 11) is 0. The van der Waals surface area contributed by atoms with Crippen molar-refractivity contribution in [2.45, 2.75) is 58.2 Å². The molecule has 2 aliphatic rings. The van der Waals surface area contributed by atoms with Crippen molar-refractivity contribution in [1.82, 2.24) is 9.47 Å². The maximum atomic E-state index is 12.7. The van der Waals surface area contributed by atoms with Crippen molar-refractivity contribution < 1.29 is 5.11 Å². The van der Waals surface area contributed by atoms with Gasteiger partial charge in [0, 0.05) is 36.8 Å². The molecule has 0 unspecified atom stereocenters. The fraction of sp³-hybridized carbons (Fsp3) is 0.688. The van der Waals surface area contributed by atoms with Crippen LogP contribution in [0.25, 0.3) is 0 Å². The quantitative estimate of drug-likeness (QED) is 0.915. The Kier molecular flexibility index (Phi) is 3.26. The van der Waals surface area contributed by atoms with Crippen LogP contribution in [0.5, 0.6) is 0 Å². The van der Waals surface area contributed by atoms with E-state index in [0.717, 1.165) is 38.9 Å². The predicted molar refractivity (Wildman–Crippen MR) is 78.9 cm³/mol. The minimum atomic E-state index is -1.07. The monoisotopic (exact) mass is 276 g/mol. The van der Waals surface area contributed by atoms with E-state index in [1.807, 2.05) is 10.6 Å². The van der Waals surface area contributed by atoms with Crippen molar-refractivity contribution in [3.63, 3.8) is 0 Å². The zero-order valence-corrected chi connectivity index (χ0v) is 12.6. The van der Waals surface area contributed by atoms with Gasteiger partial charge in [0.2, 0.25) is 0 Å². The highest BCUT2D eigenvalue weighted by Gasteiger charge is 2.33. The van der Waals surface area contributed by atoms with Crippen LogP contribution >= 0.6 is 0 Å². The van der Waals surface area contributed by atoms with Gasteiger partial charge < -0.3 is 9.67 Å². The Labute approximate surface area is 120 Å². The first-order valence-corrected chi connectivity index (χ1v) is 7.64. The van der Waals surface area contributed by atoms with Gasteiger partial charge in [0.15, 0.2) is 0 Å². The van der Waals surface area contributed by atoms with Crippen molar-refractivity contribution in [1.29, 1.82) is 0 Å². The Hall–Kier alpha value is -1.13. The summed E-state index contributed by atoms with van der Waals surface area (Å²) < 4.78 is 1.98. The molecule has 1 aliphatic carbocycles. The number of fused-ring (bicyclic) bond motifs is 1. The van der Waals surface area contributed by atoms with Crippen molar-refractivity contribution in [3.05, 3.63) is 33.2 Å². The molecule has 0 amide bonds. The van der Waals surface area contributed by atoms with E-state index in [1.165, 1.54) is 11.3 Å². The van der Waals surface area contributed by atoms with Gasteiger partial charge in [-0.05, 0) is 44.9 Å². The van der Waals surface area contributed by atoms with Crippen molar-refractivity contribution in [2.75, 3.05) is 13.1 Å². The van der Waals surface area contributed by atoms with Crippen LogP contribution in [0.1, 0.15) is 56.5 Å². The fourth-order valence-electron chi connectivity index (χ4n) is 3.16. The lowest BCUT2D eigenvalue weighted by atomic mass is 9.94. The molecule has 0 spiro atoms. The van der Waals surface area contributed by atoms with E-state index in [1.54, 1.807) is 13.8 Å². The summed E-state index contributed by atoms with van der Waals surface area (Å²) in [5, 5.41) is 10.3. The molecule has 0 aromatic carbocycles. The third-order valence-electron chi connectivity index (χ3n) is 4.51. The molecule has 1 saturated carbocycles. The second kappa shape index (κ2) is 4.71. The molecule has 1 aliphatic heterocycles. The number of hydrogen-bond donors (Lipinski definition) is 1. The SMILES string of the molecule is CCN1CCc2c(cc(C(C)(C)O)c(=O)n2C2CC2)C1. The number of aromatic nitrogens is 1. The topological polar surface area (TPSA) is 45.5 Å². The Morgan fingerprint density at radius 2 is 2.10 bits per heavy atom. The summed E-state index contributed by atoms with van der Waals surface area (Å²) in [6, 6.07) is 2.31. The van der Waals surface area contributed by atoms with E-state index in [-0.39, 0.29) is 5.56 Å². The lowest BCUT2D eigenvalue weighted by molar-refractivity contribution is 0.0760. The average Bonchev–Trinajstić information content (AvgIpc) is 3.20. The molecule has 1 N–H and O–H groups in total. The van der Waals surface area contributed by atoms with Crippen LogP contribution < -0.4 is 5.56 Å². The Balaban J connectivity index is 2.16. The van der Waals surface area contributed by atoms with Crippen molar-refractivity contribution >= 4 is 0 Å². The van der Waals surface area contributed by atoms with Crippen LogP contribution in [0, 0.1) is 0 Å². The molecule has 1 fully saturated rings. The zero-order chi connectivity index (χ0) is 14.5. The van der Waals surface area contributed by atoms with E-state index in [9.17, 15) is 9.90 Å². The van der Waals surface area contributed by atoms with Gasteiger partial charge in [0.05, 0.1) is 5.60 Å². The van der Waals surface area contributed by atoms with Gasteiger partial charge in [0.25, 0.3) is 5.56 Å². The largest absolute Gasteiger partial charge is 0.386 e. The van der Waals surface area contributed by atoms with Crippen molar-refractivity contribution in [3.8, 4) is 0 Å². The molecule has 0 bridgehead atoms. The Bertz CT molecular complexity index is 579. The Morgan fingerprint density at radius 3 is 2.65 bits per heavy atom. The first-order chi connectivity index (χ1) is 9.41. The first kappa shape index (κ1) is 13.8. The number of likely N-dealkylation sites (N-methyl/N-ethyl adjacent to an activating group) is 1. The number of pyridine rings is 1. The second-order valence-electron chi connectivity index (χ2n) is 6.61. The highest BCUT2D eigenvalue weighted by Crippen LogP contribution is 2.37. The van der Waals surface area contributed by atoms with Gasteiger partial charge in [-0.1, -0.05) is 6.92 Å². The Morgan fingerprint density at radius 1 is 1.40 bits per heavy atom. The minimum Gasteiger partial charge on any atom is -0.386 e. The maximum Gasteiger partial charge on any atom is 0.257 e. The average molecular weight is 276 g/mol. The van der Waals surface area contributed by atoms with Crippen LogP contribution in [0.15, 0.2) is 10.9 Å². The molecular weight excluding hydrogens is 252 g/mol. The minimum absolute atomic E-state index is 0.0173. The molecule has 0 atom stereocenters. The molecule has 1 aromatic heterocycles. The number of hydrogen-bond acceptors (Lipinski definition) is 3. The summed E-state index contributed by atoms with van der Waals surface area (Å²) in [4.78, 5) is 15.1. The first-order valence-electron chi connectivity index (χ1n) is 7.64. The standard InChI is InChI=1S/C16H24N2O2/c1-4-17-8-7-14-11(10-17)9-13(16(2,3)20)15(19)18(14)12-5-6-12/h9,12,20H,4-8,10H2,1-3H3. The third-order valence-corrected chi connectivity index (χ3v) is 4.51. The summed E-state index contributed by atoms with van der Waals surface area (Å²) in [5.41, 5.74) is 1.92. The lowest BCUT2D eigenvalue weighted by Gasteiger charge is -2.31. The normalized spacial score (nSPS) is 20.0. The van der Waals surface area contributed by atoms with Crippen LogP contribution in [0.3, 0.4) is 0 Å². The number of nitrogens with zero attached hydrogens (tertiary/aromatic N) is 2. The van der Waals surface area contributed by atoms with Gasteiger partial charge >= 0.3 is 0 Å². The number of aliphatic hydroxyl groups is 1. The smallest absolute Gasteiger partial charge is 0.257 e. The molecule has 20 heavy (non-hydrogen) atoms. The summed E-state index contributed by atoms with van der Waals surface area (Å²) in [6.07, 6.45) is 3.14. The highest BCUT2D eigenvalue weighted by atomic mass is 16.3. The van der Waals surface area contributed by atoms with E-state index < -0.39 is 5.60 Å². The van der Waals surface area contributed by atoms with Gasteiger partial charge in [-0.3, -0.25) is 9.69 Å². The van der Waals surface area contributed by atoms with Crippen LogP contribution in [0.2, 0.25) is 0 Å². The van der Waals surface area contributed by atoms with E-state index in [2.05, 4.69) is 11.8 Å². The highest BCUT2D eigenvalue weighted by molar-refractivity contribution is 5.32. The van der Waals surface area contributed by atoms with Gasteiger partial charge in [-0.2, -0.15) is 0 Å². The van der Waals surface area contributed by atoms with Crippen LogP contribution in [0.4, 0.5) is 0 Å². The van der Waals surface area contributed by atoms with Gasteiger partial charge in [0.1, 0.15) is 0 Å². The summed E-state index contributed by atoms with van der Waals surface area (Å²) >= 11 is 0. The maximum absolute atomic E-state index is 12.7. The molecule has 4 heteroatoms. The summed E-state index contributed by atoms with van der Waals surface area (Å²) in [5.74, 6) is 0. The van der Waals surface area contributed by atoms with E-state index in [0.29, 0.717) is 11.6 Å². The third kappa shape index (κ3) is 2.31. The fourth-order valence-corrected chi connectivity index (χ4v) is 3.16. The van der Waals surface area contributed by atoms with Crippen LogP contribution in [-0.4, -0.2) is 27.7 Å².